The molecule has 0 spiro atoms. The Bertz CT molecular complexity index is 1660. The summed E-state index contributed by atoms with van der Waals surface area (Å²) in [4.78, 5) is 25.1. The third-order valence-corrected chi connectivity index (χ3v) is 6.04. The van der Waals surface area contributed by atoms with Gasteiger partial charge in [0.1, 0.15) is 12.4 Å². The molecule has 8 nitrogen and oxygen atoms in total. The van der Waals surface area contributed by atoms with Gasteiger partial charge in [-0.3, -0.25) is 0 Å². The van der Waals surface area contributed by atoms with Crippen LogP contribution >= 0.6 is 0 Å². The van der Waals surface area contributed by atoms with Crippen LogP contribution in [0.2, 0.25) is 0 Å². The molecule has 0 N–H and O–H groups in total. The summed E-state index contributed by atoms with van der Waals surface area (Å²) >= 11 is 0. The molecule has 0 saturated carbocycles. The summed E-state index contributed by atoms with van der Waals surface area (Å²) in [6.45, 7) is 6.99. The second kappa shape index (κ2) is 12.4. The van der Waals surface area contributed by atoms with E-state index in [0.29, 0.717) is 17.5 Å². The Morgan fingerprint density at radius 1 is 0.683 bits per heavy atom. The van der Waals surface area contributed by atoms with Gasteiger partial charge < -0.3 is 18.8 Å². The lowest BCUT2D eigenvalue weighted by Gasteiger charge is -2.26. The van der Waals surface area contributed by atoms with Gasteiger partial charge in [-0.1, -0.05) is 43.5 Å². The summed E-state index contributed by atoms with van der Waals surface area (Å²) in [7, 11) is 0. The highest BCUT2D eigenvalue weighted by Gasteiger charge is 2.15. The highest BCUT2D eigenvalue weighted by molar-refractivity contribution is 5.84. The molecule has 0 amide bonds. The average Bonchev–Trinajstić information content (AvgIpc) is 3.53. The zero-order valence-corrected chi connectivity index (χ0v) is 22.0. The number of nitrogens with zero attached hydrogens (tertiary/aromatic N) is 3. The fraction of sp³-hybridized carbons (Fsp3) is 0.0303. The number of carbonyl (C=O) groups is 2. The van der Waals surface area contributed by atoms with Crippen molar-refractivity contribution >= 4 is 29.0 Å². The van der Waals surface area contributed by atoms with E-state index in [2.05, 4.69) is 23.4 Å². The maximum atomic E-state index is 11.6. The topological polar surface area (TPSA) is 94.8 Å². The first kappa shape index (κ1) is 26.8. The van der Waals surface area contributed by atoms with Gasteiger partial charge in [0.15, 0.2) is 0 Å². The van der Waals surface area contributed by atoms with E-state index in [9.17, 15) is 9.59 Å². The predicted octanol–water partition coefficient (Wildman–Crippen LogP) is 7.19. The summed E-state index contributed by atoms with van der Waals surface area (Å²) in [6.07, 6.45) is 2.24. The van der Waals surface area contributed by atoms with Crippen LogP contribution in [0.5, 0.6) is 5.75 Å². The molecule has 1 aromatic heterocycles. The van der Waals surface area contributed by atoms with Crippen LogP contribution in [-0.2, 0) is 20.9 Å². The Kier molecular flexibility index (Phi) is 8.11. The molecule has 0 bridgehead atoms. The van der Waals surface area contributed by atoms with Gasteiger partial charge in [-0.2, -0.15) is 0 Å². The Morgan fingerprint density at radius 2 is 1.20 bits per heavy atom. The van der Waals surface area contributed by atoms with Gasteiger partial charge in [0.05, 0.1) is 0 Å². The molecule has 0 aliphatic rings. The van der Waals surface area contributed by atoms with Gasteiger partial charge in [-0.15, -0.1) is 10.2 Å². The molecule has 0 unspecified atom stereocenters. The number of hydrogen-bond donors (Lipinski definition) is 0. The van der Waals surface area contributed by atoms with Gasteiger partial charge in [0, 0.05) is 40.3 Å². The summed E-state index contributed by atoms with van der Waals surface area (Å²) in [5.41, 5.74) is 4.99. The number of ether oxygens (including phenoxy) is 2. The van der Waals surface area contributed by atoms with Crippen LogP contribution in [0, 0.1) is 0 Å². The molecule has 0 saturated heterocycles. The van der Waals surface area contributed by atoms with Crippen LogP contribution in [0.3, 0.4) is 0 Å². The first-order chi connectivity index (χ1) is 20.0. The maximum Gasteiger partial charge on any atom is 0.335 e. The Hall–Kier alpha value is -5.76. The van der Waals surface area contributed by atoms with E-state index < -0.39 is 11.9 Å². The van der Waals surface area contributed by atoms with Crippen molar-refractivity contribution in [2.24, 2.45) is 0 Å². The van der Waals surface area contributed by atoms with Crippen molar-refractivity contribution in [2.75, 3.05) is 4.90 Å². The van der Waals surface area contributed by atoms with E-state index in [1.807, 2.05) is 95.9 Å². The maximum absolute atomic E-state index is 11.6. The molecule has 0 aliphatic heterocycles. The minimum atomic E-state index is -0.533. The normalized spacial score (nSPS) is 10.4. The highest BCUT2D eigenvalue weighted by Crippen LogP contribution is 2.36. The van der Waals surface area contributed by atoms with Gasteiger partial charge in [0.2, 0.25) is 11.8 Å². The molecule has 5 aromatic rings. The van der Waals surface area contributed by atoms with E-state index in [4.69, 9.17) is 13.9 Å². The zero-order valence-electron chi connectivity index (χ0n) is 22.0. The van der Waals surface area contributed by atoms with E-state index in [1.165, 1.54) is 0 Å². The SMILES string of the molecule is C=CC(=O)OCc1ccc(N(c2ccc(OC(=O)C=C)cc2)c2ccc(-c3nnc(-c4ccccc4)o3)cc2)cc1. The van der Waals surface area contributed by atoms with Crippen LogP contribution in [-0.4, -0.2) is 22.1 Å². The van der Waals surface area contributed by atoms with Gasteiger partial charge >= 0.3 is 11.9 Å². The molecule has 1 heterocycles. The number of anilines is 3. The molecule has 202 valence electrons. The lowest BCUT2D eigenvalue weighted by atomic mass is 10.1. The number of carbonyl (C=O) groups excluding carboxylic acids is 2. The Morgan fingerprint density at radius 3 is 1.76 bits per heavy atom. The molecular formula is C33H25N3O5. The quantitative estimate of drug-likeness (QED) is 0.104. The van der Waals surface area contributed by atoms with Crippen molar-refractivity contribution in [3.8, 4) is 28.7 Å². The molecule has 8 heteroatoms. The molecule has 5 rings (SSSR count). The first-order valence-electron chi connectivity index (χ1n) is 12.7. The van der Waals surface area contributed by atoms with E-state index in [0.717, 1.165) is 45.9 Å². The Labute approximate surface area is 236 Å². The van der Waals surface area contributed by atoms with E-state index >= 15 is 0 Å². The molecule has 0 aliphatic carbocycles. The van der Waals surface area contributed by atoms with Crippen LogP contribution in [0.25, 0.3) is 22.9 Å². The lowest BCUT2D eigenvalue weighted by Crippen LogP contribution is -2.10. The fourth-order valence-corrected chi connectivity index (χ4v) is 4.01. The number of hydrogen-bond acceptors (Lipinski definition) is 8. The summed E-state index contributed by atoms with van der Waals surface area (Å²) in [5.74, 6) is 0.245. The van der Waals surface area contributed by atoms with Crippen LogP contribution in [0.15, 0.2) is 133 Å². The minimum Gasteiger partial charge on any atom is -0.458 e. The van der Waals surface area contributed by atoms with Crippen LogP contribution < -0.4 is 9.64 Å². The lowest BCUT2D eigenvalue weighted by molar-refractivity contribution is -0.139. The van der Waals surface area contributed by atoms with Crippen molar-refractivity contribution in [1.82, 2.24) is 10.2 Å². The largest absolute Gasteiger partial charge is 0.458 e. The number of esters is 2. The molecule has 0 radical (unpaired) electrons. The van der Waals surface area contributed by atoms with Gasteiger partial charge in [0.25, 0.3) is 0 Å². The highest BCUT2D eigenvalue weighted by atomic mass is 16.5. The van der Waals surface area contributed by atoms with Gasteiger partial charge in [-0.25, -0.2) is 9.59 Å². The first-order valence-corrected chi connectivity index (χ1v) is 12.7. The molecule has 0 fully saturated rings. The standard InChI is InChI=1S/C33H25N3O5/c1-3-30(37)39-22-23-10-14-26(15-11-23)36(28-18-20-29(21-19-28)40-31(38)4-2)27-16-12-25(13-17-27)33-35-34-32(41-33)24-8-6-5-7-9-24/h3-21H,1-2,22H2. The zero-order chi connectivity index (χ0) is 28.6. The Balaban J connectivity index is 1.44. The van der Waals surface area contributed by atoms with Crippen molar-refractivity contribution in [3.05, 3.63) is 134 Å². The van der Waals surface area contributed by atoms with Crippen molar-refractivity contribution in [3.63, 3.8) is 0 Å². The van der Waals surface area contributed by atoms with Crippen molar-refractivity contribution in [1.29, 1.82) is 0 Å². The van der Waals surface area contributed by atoms with Crippen LogP contribution in [0.4, 0.5) is 17.1 Å². The van der Waals surface area contributed by atoms with E-state index in [1.54, 1.807) is 12.1 Å². The average molecular weight is 544 g/mol. The fourth-order valence-electron chi connectivity index (χ4n) is 4.01. The second-order valence-electron chi connectivity index (χ2n) is 8.76. The number of benzene rings is 4. The second-order valence-corrected chi connectivity index (χ2v) is 8.76. The monoisotopic (exact) mass is 543 g/mol. The summed E-state index contributed by atoms with van der Waals surface area (Å²) in [6, 6.07) is 32.1. The number of aromatic nitrogens is 2. The van der Waals surface area contributed by atoms with Gasteiger partial charge in [-0.05, 0) is 78.4 Å². The third kappa shape index (κ3) is 6.46. The molecular weight excluding hydrogens is 518 g/mol. The molecule has 0 atom stereocenters. The summed E-state index contributed by atoms with van der Waals surface area (Å²) in [5, 5.41) is 8.40. The third-order valence-electron chi connectivity index (χ3n) is 6.04. The predicted molar refractivity (Wildman–Crippen MR) is 156 cm³/mol. The van der Waals surface area contributed by atoms with Crippen LogP contribution in [0.1, 0.15) is 5.56 Å². The van der Waals surface area contributed by atoms with E-state index in [-0.39, 0.29) is 6.61 Å². The molecule has 41 heavy (non-hydrogen) atoms. The number of rotatable bonds is 10. The summed E-state index contributed by atoms with van der Waals surface area (Å²) < 4.78 is 16.3. The van der Waals surface area contributed by atoms with Crippen molar-refractivity contribution in [2.45, 2.75) is 6.61 Å². The smallest absolute Gasteiger partial charge is 0.335 e. The molecule has 4 aromatic carbocycles. The van der Waals surface area contributed by atoms with Crippen molar-refractivity contribution < 1.29 is 23.5 Å². The minimum absolute atomic E-state index is 0.137.